The van der Waals surface area contributed by atoms with E-state index in [9.17, 15) is 19.5 Å². The predicted molar refractivity (Wildman–Crippen MR) is 95.5 cm³/mol. The maximum absolute atomic E-state index is 13.0. The first-order chi connectivity index (χ1) is 12.6. The van der Waals surface area contributed by atoms with Crippen molar-refractivity contribution in [3.8, 4) is 0 Å². The van der Waals surface area contributed by atoms with Gasteiger partial charge in [0.25, 0.3) is 0 Å². The molecule has 7 nitrogen and oxygen atoms in total. The lowest BCUT2D eigenvalue weighted by molar-refractivity contribution is -0.149. The van der Waals surface area contributed by atoms with Crippen LogP contribution in [0.5, 0.6) is 0 Å². The third-order valence-corrected chi connectivity index (χ3v) is 5.09. The summed E-state index contributed by atoms with van der Waals surface area (Å²) in [5.41, 5.74) is 0.927. The normalized spacial score (nSPS) is 23.6. The molecule has 3 unspecified atom stereocenters. The van der Waals surface area contributed by atoms with Gasteiger partial charge in [-0.15, -0.1) is 0 Å². The van der Waals surface area contributed by atoms with Crippen molar-refractivity contribution in [1.82, 2.24) is 15.5 Å². The summed E-state index contributed by atoms with van der Waals surface area (Å²) in [4.78, 5) is 38.4. The number of aliphatic carboxylic acids is 1. The Morgan fingerprint density at radius 1 is 1.19 bits per heavy atom. The van der Waals surface area contributed by atoms with Gasteiger partial charge < -0.3 is 20.6 Å². The highest BCUT2D eigenvalue weighted by molar-refractivity contribution is 5.92. The van der Waals surface area contributed by atoms with Crippen LogP contribution in [-0.2, 0) is 20.8 Å². The lowest BCUT2D eigenvalue weighted by Crippen LogP contribution is -2.55. The average molecular weight is 359 g/mol. The third-order valence-electron chi connectivity index (χ3n) is 5.09. The van der Waals surface area contributed by atoms with Crippen molar-refractivity contribution in [2.24, 2.45) is 0 Å². The van der Waals surface area contributed by atoms with Crippen LogP contribution in [0.25, 0.3) is 0 Å². The zero-order chi connectivity index (χ0) is 18.5. The zero-order valence-electron chi connectivity index (χ0n) is 14.7. The van der Waals surface area contributed by atoms with Gasteiger partial charge in [0, 0.05) is 13.0 Å². The molecule has 1 aromatic carbocycles. The standard InChI is InChI=1S/C19H25N3O4/c23-17(14-8-4-10-20-14)21-15(12-13-6-2-1-3-7-13)18(24)22-11-5-9-16(22)19(25)26/h1-3,6-7,14-16,20H,4-5,8-12H2,(H,21,23)(H,25,26). The number of likely N-dealkylation sites (tertiary alicyclic amines) is 1. The SMILES string of the molecule is O=C(NC(Cc1ccccc1)C(=O)N1CCCC1C(=O)O)C1CCCN1. The van der Waals surface area contributed by atoms with Gasteiger partial charge in [-0.3, -0.25) is 9.59 Å². The van der Waals surface area contributed by atoms with E-state index in [0.29, 0.717) is 25.8 Å². The first-order valence-corrected chi connectivity index (χ1v) is 9.17. The van der Waals surface area contributed by atoms with Gasteiger partial charge in [0.1, 0.15) is 12.1 Å². The highest BCUT2D eigenvalue weighted by atomic mass is 16.4. The topological polar surface area (TPSA) is 98.7 Å². The predicted octanol–water partition coefficient (Wildman–Crippen LogP) is 0.542. The van der Waals surface area contributed by atoms with Crippen molar-refractivity contribution < 1.29 is 19.5 Å². The van der Waals surface area contributed by atoms with Crippen molar-refractivity contribution in [3.63, 3.8) is 0 Å². The Hall–Kier alpha value is -2.41. The number of rotatable bonds is 6. The van der Waals surface area contributed by atoms with Crippen LogP contribution >= 0.6 is 0 Å². The summed E-state index contributed by atoms with van der Waals surface area (Å²) in [6.45, 7) is 1.21. The van der Waals surface area contributed by atoms with Crippen molar-refractivity contribution in [2.75, 3.05) is 13.1 Å². The molecular formula is C19H25N3O4. The second-order valence-corrected chi connectivity index (χ2v) is 6.93. The monoisotopic (exact) mass is 359 g/mol. The average Bonchev–Trinajstić information content (AvgIpc) is 3.33. The molecule has 2 fully saturated rings. The molecular weight excluding hydrogens is 334 g/mol. The molecule has 2 aliphatic rings. The van der Waals surface area contributed by atoms with Gasteiger partial charge in [-0.2, -0.15) is 0 Å². The van der Waals surface area contributed by atoms with Crippen molar-refractivity contribution in [3.05, 3.63) is 35.9 Å². The Morgan fingerprint density at radius 2 is 1.96 bits per heavy atom. The van der Waals surface area contributed by atoms with Gasteiger partial charge in [0.05, 0.1) is 6.04 Å². The van der Waals surface area contributed by atoms with E-state index in [1.807, 2.05) is 30.3 Å². The van der Waals surface area contributed by atoms with Crippen LogP contribution < -0.4 is 10.6 Å². The molecule has 0 aromatic heterocycles. The second-order valence-electron chi connectivity index (χ2n) is 6.93. The van der Waals surface area contributed by atoms with E-state index in [1.165, 1.54) is 4.90 Å². The summed E-state index contributed by atoms with van der Waals surface area (Å²) in [5.74, 6) is -1.49. The summed E-state index contributed by atoms with van der Waals surface area (Å²) < 4.78 is 0. The van der Waals surface area contributed by atoms with Crippen LogP contribution in [0.4, 0.5) is 0 Å². The first kappa shape index (κ1) is 18.4. The van der Waals surface area contributed by atoms with Crippen LogP contribution in [0.2, 0.25) is 0 Å². The molecule has 3 N–H and O–H groups in total. The molecule has 2 aliphatic heterocycles. The minimum Gasteiger partial charge on any atom is -0.480 e. The largest absolute Gasteiger partial charge is 0.480 e. The number of carboxylic acids is 1. The smallest absolute Gasteiger partial charge is 0.326 e. The van der Waals surface area contributed by atoms with Gasteiger partial charge in [-0.1, -0.05) is 30.3 Å². The molecule has 0 spiro atoms. The maximum atomic E-state index is 13.0. The number of carbonyl (C=O) groups is 3. The number of carbonyl (C=O) groups excluding carboxylic acids is 2. The molecule has 3 rings (SSSR count). The molecule has 140 valence electrons. The number of hydrogen-bond donors (Lipinski definition) is 3. The molecule has 1 aromatic rings. The van der Waals surface area contributed by atoms with Gasteiger partial charge in [0.2, 0.25) is 11.8 Å². The Morgan fingerprint density at radius 3 is 2.62 bits per heavy atom. The molecule has 2 saturated heterocycles. The van der Waals surface area contributed by atoms with Crippen LogP contribution in [0.3, 0.4) is 0 Å². The summed E-state index contributed by atoms with van der Waals surface area (Å²) in [5, 5.41) is 15.4. The van der Waals surface area contributed by atoms with E-state index in [-0.39, 0.29) is 17.9 Å². The second kappa shape index (κ2) is 8.31. The number of nitrogens with one attached hydrogen (secondary N) is 2. The molecule has 3 atom stereocenters. The van der Waals surface area contributed by atoms with E-state index < -0.39 is 18.1 Å². The highest BCUT2D eigenvalue weighted by Crippen LogP contribution is 2.20. The summed E-state index contributed by atoms with van der Waals surface area (Å²) in [7, 11) is 0. The Kier molecular flexibility index (Phi) is 5.88. The Bertz CT molecular complexity index is 658. The molecule has 2 heterocycles. The Balaban J connectivity index is 1.76. The van der Waals surface area contributed by atoms with Crippen molar-refractivity contribution >= 4 is 17.8 Å². The Labute approximate surface area is 152 Å². The summed E-state index contributed by atoms with van der Waals surface area (Å²) in [6.07, 6.45) is 3.15. The number of carboxylic acid groups (broad SMARTS) is 1. The van der Waals surface area contributed by atoms with E-state index >= 15 is 0 Å². The quantitative estimate of drug-likeness (QED) is 0.689. The van der Waals surface area contributed by atoms with Gasteiger partial charge in [-0.25, -0.2) is 4.79 Å². The number of benzene rings is 1. The fourth-order valence-corrected chi connectivity index (χ4v) is 3.72. The van der Waals surface area contributed by atoms with E-state index in [2.05, 4.69) is 10.6 Å². The fraction of sp³-hybridized carbons (Fsp3) is 0.526. The van der Waals surface area contributed by atoms with Crippen LogP contribution in [0.15, 0.2) is 30.3 Å². The minimum atomic E-state index is -0.988. The molecule has 0 bridgehead atoms. The number of nitrogens with zero attached hydrogens (tertiary/aromatic N) is 1. The van der Waals surface area contributed by atoms with Gasteiger partial charge >= 0.3 is 5.97 Å². The lowest BCUT2D eigenvalue weighted by atomic mass is 10.0. The van der Waals surface area contributed by atoms with E-state index in [0.717, 1.165) is 24.9 Å². The number of hydrogen-bond acceptors (Lipinski definition) is 4. The fourth-order valence-electron chi connectivity index (χ4n) is 3.72. The molecule has 7 heteroatoms. The van der Waals surface area contributed by atoms with Crippen LogP contribution in [0, 0.1) is 0 Å². The first-order valence-electron chi connectivity index (χ1n) is 9.17. The molecule has 0 radical (unpaired) electrons. The molecule has 0 saturated carbocycles. The highest BCUT2D eigenvalue weighted by Gasteiger charge is 2.38. The molecule has 26 heavy (non-hydrogen) atoms. The number of amides is 2. The van der Waals surface area contributed by atoms with E-state index in [4.69, 9.17) is 0 Å². The third kappa shape index (κ3) is 4.22. The minimum absolute atomic E-state index is 0.192. The maximum Gasteiger partial charge on any atom is 0.326 e. The van der Waals surface area contributed by atoms with Crippen LogP contribution in [-0.4, -0.2) is 59.0 Å². The lowest BCUT2D eigenvalue weighted by Gasteiger charge is -2.28. The molecule has 0 aliphatic carbocycles. The van der Waals surface area contributed by atoms with Crippen molar-refractivity contribution in [2.45, 2.75) is 50.2 Å². The van der Waals surface area contributed by atoms with E-state index in [1.54, 1.807) is 0 Å². The van der Waals surface area contributed by atoms with Gasteiger partial charge in [0.15, 0.2) is 0 Å². The zero-order valence-corrected chi connectivity index (χ0v) is 14.7. The van der Waals surface area contributed by atoms with Crippen LogP contribution in [0.1, 0.15) is 31.2 Å². The van der Waals surface area contributed by atoms with Crippen molar-refractivity contribution in [1.29, 1.82) is 0 Å². The summed E-state index contributed by atoms with van der Waals surface area (Å²) in [6, 6.07) is 7.62. The molecule has 2 amide bonds. The van der Waals surface area contributed by atoms with Gasteiger partial charge in [-0.05, 0) is 37.8 Å². The summed E-state index contributed by atoms with van der Waals surface area (Å²) >= 11 is 0.